The Balaban J connectivity index is 2.13. The largest absolute Gasteiger partial charge is 0.507 e. The van der Waals surface area contributed by atoms with Crippen LogP contribution in [-0.2, 0) is 9.59 Å². The van der Waals surface area contributed by atoms with E-state index in [0.29, 0.717) is 18.5 Å². The molecule has 0 aliphatic carbocycles. The summed E-state index contributed by atoms with van der Waals surface area (Å²) in [5.41, 5.74) is 2.45. The minimum Gasteiger partial charge on any atom is -0.507 e. The third kappa shape index (κ3) is 4.07. The van der Waals surface area contributed by atoms with E-state index in [2.05, 4.69) is 4.98 Å². The zero-order valence-electron chi connectivity index (χ0n) is 17.7. The van der Waals surface area contributed by atoms with Crippen LogP contribution < -0.4 is 0 Å². The molecule has 2 N–H and O–H groups in total. The van der Waals surface area contributed by atoms with Crippen LogP contribution in [0.25, 0.3) is 5.76 Å². The van der Waals surface area contributed by atoms with Crippen molar-refractivity contribution in [2.75, 3.05) is 27.2 Å². The van der Waals surface area contributed by atoms with E-state index in [1.807, 2.05) is 32.8 Å². The number of aromatic nitrogens is 1. The van der Waals surface area contributed by atoms with Crippen LogP contribution in [-0.4, -0.2) is 63.9 Å². The Kier molecular flexibility index (Phi) is 6.22. The van der Waals surface area contributed by atoms with Gasteiger partial charge < -0.3 is 20.0 Å². The molecule has 1 fully saturated rings. The fraction of sp³-hybridized carbons (Fsp3) is 0.348. The van der Waals surface area contributed by atoms with Crippen molar-refractivity contribution in [2.45, 2.75) is 26.3 Å². The summed E-state index contributed by atoms with van der Waals surface area (Å²) in [6, 6.07) is 5.90. The number of phenols is 1. The van der Waals surface area contributed by atoms with Crippen molar-refractivity contribution >= 4 is 17.4 Å². The van der Waals surface area contributed by atoms with Crippen LogP contribution in [0.3, 0.4) is 0 Å². The van der Waals surface area contributed by atoms with Crippen molar-refractivity contribution in [3.8, 4) is 5.75 Å². The molecule has 1 atom stereocenters. The number of carbonyl (C=O) groups excluding carboxylic acids is 2. The number of aliphatic hydroxyl groups excluding tert-OH is 1. The first-order chi connectivity index (χ1) is 14.2. The molecule has 1 aromatic heterocycles. The van der Waals surface area contributed by atoms with E-state index in [0.717, 1.165) is 17.7 Å². The number of hydrogen-bond donors (Lipinski definition) is 2. The van der Waals surface area contributed by atoms with Crippen LogP contribution in [0.2, 0.25) is 0 Å². The predicted molar refractivity (Wildman–Crippen MR) is 114 cm³/mol. The summed E-state index contributed by atoms with van der Waals surface area (Å²) in [5.74, 6) is -1.94. The van der Waals surface area contributed by atoms with Gasteiger partial charge in [-0.3, -0.25) is 14.6 Å². The number of rotatable bonds is 6. The molecule has 0 unspecified atom stereocenters. The summed E-state index contributed by atoms with van der Waals surface area (Å²) in [6.07, 6.45) is 3.87. The number of amides is 1. The van der Waals surface area contributed by atoms with Gasteiger partial charge in [-0.15, -0.1) is 0 Å². The fourth-order valence-corrected chi connectivity index (χ4v) is 3.69. The van der Waals surface area contributed by atoms with Gasteiger partial charge in [0.1, 0.15) is 11.5 Å². The Bertz CT molecular complexity index is 999. The van der Waals surface area contributed by atoms with E-state index < -0.39 is 17.7 Å². The highest BCUT2D eigenvalue weighted by molar-refractivity contribution is 6.46. The summed E-state index contributed by atoms with van der Waals surface area (Å²) in [7, 11) is 3.88. The zero-order chi connectivity index (χ0) is 22.0. The number of carbonyl (C=O) groups is 2. The highest BCUT2D eigenvalue weighted by Gasteiger charge is 2.46. The first kappa shape index (κ1) is 21.5. The molecule has 0 saturated carbocycles. The van der Waals surface area contributed by atoms with E-state index >= 15 is 0 Å². The van der Waals surface area contributed by atoms with Gasteiger partial charge in [-0.05, 0) is 75.8 Å². The summed E-state index contributed by atoms with van der Waals surface area (Å²) >= 11 is 0. The lowest BCUT2D eigenvalue weighted by Crippen LogP contribution is -2.32. The Morgan fingerprint density at radius 1 is 1.20 bits per heavy atom. The third-order valence-electron chi connectivity index (χ3n) is 5.41. The molecule has 2 aromatic rings. The number of likely N-dealkylation sites (tertiary alicyclic amines) is 1. The lowest BCUT2D eigenvalue weighted by Gasteiger charge is -2.25. The number of nitrogens with zero attached hydrogens (tertiary/aromatic N) is 3. The van der Waals surface area contributed by atoms with Gasteiger partial charge in [-0.1, -0.05) is 6.07 Å². The van der Waals surface area contributed by atoms with Crippen LogP contribution >= 0.6 is 0 Å². The Morgan fingerprint density at radius 2 is 1.90 bits per heavy atom. The summed E-state index contributed by atoms with van der Waals surface area (Å²) in [4.78, 5) is 33.4. The quantitative estimate of drug-likeness (QED) is 0.433. The maximum atomic E-state index is 13.0. The number of Topliss-reactive ketones (excluding diaryl/α,β-unsaturated/α-hetero) is 1. The van der Waals surface area contributed by atoms with Crippen molar-refractivity contribution in [1.29, 1.82) is 0 Å². The van der Waals surface area contributed by atoms with E-state index in [1.54, 1.807) is 30.6 Å². The van der Waals surface area contributed by atoms with Crippen molar-refractivity contribution in [3.63, 3.8) is 0 Å². The molecule has 1 aliphatic rings. The minimum atomic E-state index is -0.762. The summed E-state index contributed by atoms with van der Waals surface area (Å²) in [6.45, 7) is 4.81. The molecule has 0 spiro atoms. The molecular weight excluding hydrogens is 382 g/mol. The van der Waals surface area contributed by atoms with Gasteiger partial charge in [0.15, 0.2) is 0 Å². The van der Waals surface area contributed by atoms with Crippen molar-refractivity contribution < 1.29 is 19.8 Å². The number of aliphatic hydroxyl groups is 1. The van der Waals surface area contributed by atoms with Gasteiger partial charge in [0.05, 0.1) is 17.2 Å². The Labute approximate surface area is 176 Å². The van der Waals surface area contributed by atoms with Gasteiger partial charge in [-0.25, -0.2) is 0 Å². The normalized spacial score (nSPS) is 18.4. The molecule has 7 nitrogen and oxygen atoms in total. The van der Waals surface area contributed by atoms with E-state index in [1.165, 1.54) is 11.0 Å². The molecule has 1 saturated heterocycles. The van der Waals surface area contributed by atoms with Gasteiger partial charge in [0.2, 0.25) is 0 Å². The summed E-state index contributed by atoms with van der Waals surface area (Å²) < 4.78 is 0. The van der Waals surface area contributed by atoms with Crippen molar-refractivity contribution in [3.05, 3.63) is 64.5 Å². The highest BCUT2D eigenvalue weighted by atomic mass is 16.3. The molecular formula is C23H27N3O4. The monoisotopic (exact) mass is 409 g/mol. The van der Waals surface area contributed by atoms with Crippen molar-refractivity contribution in [1.82, 2.24) is 14.8 Å². The van der Waals surface area contributed by atoms with E-state index in [9.17, 15) is 19.8 Å². The lowest BCUT2D eigenvalue weighted by molar-refractivity contribution is -0.139. The molecule has 0 radical (unpaired) electrons. The SMILES string of the molecule is Cc1cc(O)c(C(O)=C2C(=O)C(=O)N(CCCN(C)C)[C@@H]2c2cccnc2)cc1C. The topological polar surface area (TPSA) is 94.0 Å². The van der Waals surface area contributed by atoms with Gasteiger partial charge in [0.25, 0.3) is 11.7 Å². The third-order valence-corrected chi connectivity index (χ3v) is 5.41. The van der Waals surface area contributed by atoms with Crippen molar-refractivity contribution in [2.24, 2.45) is 0 Å². The van der Waals surface area contributed by atoms with Gasteiger partial charge >= 0.3 is 0 Å². The average molecular weight is 409 g/mol. The average Bonchev–Trinajstić information content (AvgIpc) is 2.95. The number of hydrogen-bond acceptors (Lipinski definition) is 6. The fourth-order valence-electron chi connectivity index (χ4n) is 3.69. The molecule has 1 aliphatic heterocycles. The maximum Gasteiger partial charge on any atom is 0.295 e. The van der Waals surface area contributed by atoms with Crippen LogP contribution in [0, 0.1) is 13.8 Å². The highest BCUT2D eigenvalue weighted by Crippen LogP contribution is 2.41. The molecule has 3 rings (SSSR count). The lowest BCUT2D eigenvalue weighted by atomic mass is 9.94. The Morgan fingerprint density at radius 3 is 2.53 bits per heavy atom. The second kappa shape index (κ2) is 8.67. The number of benzene rings is 1. The molecule has 1 amide bonds. The van der Waals surface area contributed by atoms with E-state index in [-0.39, 0.29) is 22.6 Å². The van der Waals surface area contributed by atoms with Crippen LogP contribution in [0.1, 0.15) is 34.7 Å². The van der Waals surface area contributed by atoms with E-state index in [4.69, 9.17) is 0 Å². The predicted octanol–water partition coefficient (Wildman–Crippen LogP) is 2.78. The van der Waals surface area contributed by atoms with Gasteiger partial charge in [0, 0.05) is 18.9 Å². The minimum absolute atomic E-state index is 0.0311. The second-order valence-electron chi connectivity index (χ2n) is 7.89. The molecule has 1 aromatic carbocycles. The molecule has 158 valence electrons. The van der Waals surface area contributed by atoms with Crippen LogP contribution in [0.5, 0.6) is 5.75 Å². The molecule has 7 heteroatoms. The second-order valence-corrected chi connectivity index (χ2v) is 7.89. The maximum absolute atomic E-state index is 13.0. The zero-order valence-corrected chi connectivity index (χ0v) is 17.7. The standard InChI is InChI=1S/C23H27N3O4/c1-14-11-17(18(27)12-15(14)2)21(28)19-20(16-7-5-8-24-13-16)26(23(30)22(19)29)10-6-9-25(3)4/h5,7-8,11-13,20,27-28H,6,9-10H2,1-4H3/t20-/m1/s1. The number of aromatic hydroxyl groups is 1. The molecule has 30 heavy (non-hydrogen) atoms. The number of ketones is 1. The van der Waals surface area contributed by atoms with Gasteiger partial charge in [-0.2, -0.15) is 0 Å². The Hall–Kier alpha value is -3.19. The smallest absolute Gasteiger partial charge is 0.295 e. The summed E-state index contributed by atoms with van der Waals surface area (Å²) in [5, 5.41) is 21.5. The first-order valence-corrected chi connectivity index (χ1v) is 9.86. The molecule has 0 bridgehead atoms. The number of phenolic OH excluding ortho intramolecular Hbond substituents is 1. The first-order valence-electron chi connectivity index (χ1n) is 9.86. The van der Waals surface area contributed by atoms with Crippen LogP contribution in [0.4, 0.5) is 0 Å². The molecule has 2 heterocycles. The number of aryl methyl sites for hydroxylation is 2. The number of pyridine rings is 1. The van der Waals surface area contributed by atoms with Crippen LogP contribution in [0.15, 0.2) is 42.2 Å².